The summed E-state index contributed by atoms with van der Waals surface area (Å²) in [6.07, 6.45) is 0.366. The molecule has 2 aromatic carbocycles. The highest BCUT2D eigenvalue weighted by Crippen LogP contribution is 2.24. The second-order valence-corrected chi connectivity index (χ2v) is 6.48. The van der Waals surface area contributed by atoms with Crippen LogP contribution in [0.5, 0.6) is 5.75 Å². The SMILES string of the molecule is CNS(=O)(=O)c1ccc(C)cc1Cc1ccccc1O. The molecule has 0 saturated heterocycles. The van der Waals surface area contributed by atoms with Crippen molar-refractivity contribution in [2.75, 3.05) is 7.05 Å². The maximum atomic E-state index is 12.0. The summed E-state index contributed by atoms with van der Waals surface area (Å²) < 4.78 is 26.4. The third kappa shape index (κ3) is 3.00. The molecule has 0 unspecified atom stereocenters. The monoisotopic (exact) mass is 291 g/mol. The summed E-state index contributed by atoms with van der Waals surface area (Å²) in [4.78, 5) is 0.244. The van der Waals surface area contributed by atoms with Crippen LogP contribution in [0, 0.1) is 6.92 Å². The molecule has 0 aromatic heterocycles. The van der Waals surface area contributed by atoms with E-state index in [2.05, 4.69) is 4.72 Å². The van der Waals surface area contributed by atoms with Crippen LogP contribution in [0.2, 0.25) is 0 Å². The number of rotatable bonds is 4. The minimum atomic E-state index is -3.51. The Labute approximate surface area is 119 Å². The Morgan fingerprint density at radius 3 is 2.45 bits per heavy atom. The van der Waals surface area contributed by atoms with E-state index in [0.29, 0.717) is 17.5 Å². The normalized spacial score (nSPS) is 11.5. The number of para-hydroxylation sites is 1. The number of sulfonamides is 1. The highest BCUT2D eigenvalue weighted by molar-refractivity contribution is 7.89. The molecule has 106 valence electrons. The second kappa shape index (κ2) is 5.64. The van der Waals surface area contributed by atoms with Gasteiger partial charge in [-0.25, -0.2) is 13.1 Å². The maximum Gasteiger partial charge on any atom is 0.240 e. The first-order chi connectivity index (χ1) is 9.44. The van der Waals surface area contributed by atoms with Gasteiger partial charge in [0.05, 0.1) is 4.90 Å². The van der Waals surface area contributed by atoms with Crippen LogP contribution >= 0.6 is 0 Å². The van der Waals surface area contributed by atoms with Crippen LogP contribution in [0.3, 0.4) is 0 Å². The molecule has 0 spiro atoms. The van der Waals surface area contributed by atoms with Crippen molar-refractivity contribution >= 4 is 10.0 Å². The summed E-state index contributed by atoms with van der Waals surface area (Å²) in [5.74, 6) is 0.168. The fourth-order valence-electron chi connectivity index (χ4n) is 2.08. The summed E-state index contributed by atoms with van der Waals surface area (Å²) in [6.45, 7) is 1.91. The average molecular weight is 291 g/mol. The van der Waals surface area contributed by atoms with E-state index in [0.717, 1.165) is 5.56 Å². The zero-order chi connectivity index (χ0) is 14.8. The number of aryl methyl sites for hydroxylation is 1. The van der Waals surface area contributed by atoms with Crippen molar-refractivity contribution < 1.29 is 13.5 Å². The molecule has 0 aliphatic carbocycles. The molecule has 0 aliphatic heterocycles. The van der Waals surface area contributed by atoms with Crippen LogP contribution in [-0.2, 0) is 16.4 Å². The van der Waals surface area contributed by atoms with E-state index in [-0.39, 0.29) is 10.6 Å². The van der Waals surface area contributed by atoms with E-state index < -0.39 is 10.0 Å². The smallest absolute Gasteiger partial charge is 0.240 e. The molecule has 2 rings (SSSR count). The van der Waals surface area contributed by atoms with Crippen molar-refractivity contribution in [1.82, 2.24) is 4.72 Å². The Balaban J connectivity index is 2.51. The number of phenols is 1. The van der Waals surface area contributed by atoms with E-state index in [9.17, 15) is 13.5 Å². The van der Waals surface area contributed by atoms with Crippen molar-refractivity contribution in [3.05, 3.63) is 59.2 Å². The lowest BCUT2D eigenvalue weighted by molar-refractivity contribution is 0.469. The number of benzene rings is 2. The predicted octanol–water partition coefficient (Wildman–Crippen LogP) is 2.20. The van der Waals surface area contributed by atoms with Crippen molar-refractivity contribution in [3.8, 4) is 5.75 Å². The molecule has 0 radical (unpaired) electrons. The zero-order valence-electron chi connectivity index (χ0n) is 11.4. The van der Waals surface area contributed by atoms with Gasteiger partial charge in [0, 0.05) is 6.42 Å². The molecule has 5 heteroatoms. The first kappa shape index (κ1) is 14.6. The Hall–Kier alpha value is -1.85. The summed E-state index contributed by atoms with van der Waals surface area (Å²) >= 11 is 0. The Kier molecular flexibility index (Phi) is 4.11. The molecule has 4 nitrogen and oxygen atoms in total. The van der Waals surface area contributed by atoms with Crippen molar-refractivity contribution in [3.63, 3.8) is 0 Å². The third-order valence-electron chi connectivity index (χ3n) is 3.15. The van der Waals surface area contributed by atoms with Gasteiger partial charge in [-0.15, -0.1) is 0 Å². The van der Waals surface area contributed by atoms with E-state index in [1.54, 1.807) is 30.3 Å². The minimum absolute atomic E-state index is 0.168. The number of hydrogen-bond donors (Lipinski definition) is 2. The summed E-state index contributed by atoms with van der Waals surface area (Å²) in [5, 5.41) is 9.83. The topological polar surface area (TPSA) is 66.4 Å². The second-order valence-electron chi connectivity index (χ2n) is 4.62. The molecule has 0 saturated carbocycles. The van der Waals surface area contributed by atoms with Crippen LogP contribution in [0.1, 0.15) is 16.7 Å². The average Bonchev–Trinajstić information content (AvgIpc) is 2.41. The van der Waals surface area contributed by atoms with Crippen LogP contribution in [0.25, 0.3) is 0 Å². The van der Waals surface area contributed by atoms with Crippen molar-refractivity contribution in [1.29, 1.82) is 0 Å². The fraction of sp³-hybridized carbons (Fsp3) is 0.200. The molecule has 0 bridgehead atoms. The molecule has 20 heavy (non-hydrogen) atoms. The molecule has 0 fully saturated rings. The fourth-order valence-corrected chi connectivity index (χ4v) is 3.03. The molecule has 2 aromatic rings. The lowest BCUT2D eigenvalue weighted by atomic mass is 10.0. The minimum Gasteiger partial charge on any atom is -0.508 e. The van der Waals surface area contributed by atoms with Gasteiger partial charge >= 0.3 is 0 Å². The Bertz CT molecular complexity index is 724. The molecule has 2 N–H and O–H groups in total. The van der Waals surface area contributed by atoms with Crippen LogP contribution in [0.15, 0.2) is 47.4 Å². The zero-order valence-corrected chi connectivity index (χ0v) is 12.2. The number of phenolic OH excluding ortho intramolecular Hbond substituents is 1. The van der Waals surface area contributed by atoms with Gasteiger partial charge in [-0.2, -0.15) is 0 Å². The van der Waals surface area contributed by atoms with E-state index >= 15 is 0 Å². The highest BCUT2D eigenvalue weighted by atomic mass is 32.2. The third-order valence-corrected chi connectivity index (χ3v) is 4.66. The van der Waals surface area contributed by atoms with Crippen molar-refractivity contribution in [2.24, 2.45) is 0 Å². The van der Waals surface area contributed by atoms with Crippen LogP contribution < -0.4 is 4.72 Å². The lowest BCUT2D eigenvalue weighted by Gasteiger charge is -2.11. The van der Waals surface area contributed by atoms with Gasteiger partial charge in [-0.3, -0.25) is 0 Å². The summed E-state index contributed by atoms with van der Waals surface area (Å²) in [7, 11) is -2.12. The van der Waals surface area contributed by atoms with Gasteiger partial charge < -0.3 is 5.11 Å². The standard InChI is InChI=1S/C15H17NO3S/c1-11-7-8-15(20(18,19)16-2)13(9-11)10-12-5-3-4-6-14(12)17/h3-9,16-17H,10H2,1-2H3. The van der Waals surface area contributed by atoms with Gasteiger partial charge in [0.15, 0.2) is 0 Å². The largest absolute Gasteiger partial charge is 0.508 e. The number of aromatic hydroxyl groups is 1. The number of hydrogen-bond acceptors (Lipinski definition) is 3. The lowest BCUT2D eigenvalue weighted by Crippen LogP contribution is -2.20. The molecular weight excluding hydrogens is 274 g/mol. The van der Waals surface area contributed by atoms with E-state index in [4.69, 9.17) is 0 Å². The molecule has 0 heterocycles. The molecule has 0 atom stereocenters. The van der Waals surface area contributed by atoms with Gasteiger partial charge in [0.1, 0.15) is 5.75 Å². The van der Waals surface area contributed by atoms with Crippen LogP contribution in [0.4, 0.5) is 0 Å². The highest BCUT2D eigenvalue weighted by Gasteiger charge is 2.17. The van der Waals surface area contributed by atoms with Crippen molar-refractivity contribution in [2.45, 2.75) is 18.2 Å². The Morgan fingerprint density at radius 2 is 1.80 bits per heavy atom. The number of nitrogens with one attached hydrogen (secondary N) is 1. The first-order valence-corrected chi connectivity index (χ1v) is 7.72. The van der Waals surface area contributed by atoms with Crippen LogP contribution in [-0.4, -0.2) is 20.6 Å². The summed E-state index contributed by atoms with van der Waals surface area (Å²) in [6, 6.07) is 12.1. The van der Waals surface area contributed by atoms with E-state index in [1.165, 1.54) is 7.05 Å². The Morgan fingerprint density at radius 1 is 1.10 bits per heavy atom. The van der Waals surface area contributed by atoms with Gasteiger partial charge in [0.25, 0.3) is 0 Å². The van der Waals surface area contributed by atoms with Gasteiger partial charge in [-0.1, -0.05) is 35.9 Å². The summed E-state index contributed by atoms with van der Waals surface area (Å²) in [5.41, 5.74) is 2.34. The maximum absolute atomic E-state index is 12.0. The molecule has 0 aliphatic rings. The molecular formula is C15H17NO3S. The predicted molar refractivity (Wildman–Crippen MR) is 78.3 cm³/mol. The van der Waals surface area contributed by atoms with Gasteiger partial charge in [0.2, 0.25) is 10.0 Å². The molecule has 0 amide bonds. The van der Waals surface area contributed by atoms with E-state index in [1.807, 2.05) is 19.1 Å². The quantitative estimate of drug-likeness (QED) is 0.907. The first-order valence-electron chi connectivity index (χ1n) is 6.24. The van der Waals surface area contributed by atoms with Gasteiger partial charge in [-0.05, 0) is 37.2 Å².